The summed E-state index contributed by atoms with van der Waals surface area (Å²) in [5.74, 6) is 1.09. The van der Waals surface area contributed by atoms with Gasteiger partial charge in [0.2, 0.25) is 0 Å². The first-order valence-electron chi connectivity index (χ1n) is 7.61. The van der Waals surface area contributed by atoms with E-state index in [0.29, 0.717) is 17.5 Å². The van der Waals surface area contributed by atoms with Crippen LogP contribution < -0.4 is 5.32 Å². The van der Waals surface area contributed by atoms with Crippen molar-refractivity contribution in [2.24, 2.45) is 17.3 Å². The lowest BCUT2D eigenvalue weighted by Gasteiger charge is -2.43. The van der Waals surface area contributed by atoms with Crippen LogP contribution in [-0.2, 0) is 6.18 Å². The fourth-order valence-electron chi connectivity index (χ4n) is 3.55. The van der Waals surface area contributed by atoms with Gasteiger partial charge in [0, 0.05) is 12.2 Å². The molecule has 1 nitrogen and oxygen atoms in total. The third-order valence-corrected chi connectivity index (χ3v) is 4.89. The molecular formula is C17H25ClF3N. The van der Waals surface area contributed by atoms with Gasteiger partial charge in [0.25, 0.3) is 0 Å². The fourth-order valence-corrected chi connectivity index (χ4v) is 3.55. The Morgan fingerprint density at radius 3 is 2.55 bits per heavy atom. The Morgan fingerprint density at radius 2 is 1.95 bits per heavy atom. The quantitative estimate of drug-likeness (QED) is 0.714. The highest BCUT2D eigenvalue weighted by Crippen LogP contribution is 2.43. The van der Waals surface area contributed by atoms with Crippen molar-refractivity contribution in [1.29, 1.82) is 0 Å². The van der Waals surface area contributed by atoms with Gasteiger partial charge in [-0.25, -0.2) is 0 Å². The molecule has 1 aliphatic rings. The maximum absolute atomic E-state index is 12.7. The third-order valence-electron chi connectivity index (χ3n) is 4.89. The molecule has 22 heavy (non-hydrogen) atoms. The van der Waals surface area contributed by atoms with Crippen LogP contribution in [0.5, 0.6) is 0 Å². The van der Waals surface area contributed by atoms with Gasteiger partial charge in [-0.3, -0.25) is 0 Å². The van der Waals surface area contributed by atoms with Gasteiger partial charge < -0.3 is 5.32 Å². The number of benzene rings is 1. The Hall–Kier alpha value is -0.900. The summed E-state index contributed by atoms with van der Waals surface area (Å²) in [7, 11) is 0. The van der Waals surface area contributed by atoms with Crippen molar-refractivity contribution in [3.63, 3.8) is 0 Å². The summed E-state index contributed by atoms with van der Waals surface area (Å²) in [4.78, 5) is 0. The van der Waals surface area contributed by atoms with E-state index in [1.807, 2.05) is 0 Å². The lowest BCUT2D eigenvalue weighted by atomic mass is 9.64. The minimum atomic E-state index is -4.28. The maximum Gasteiger partial charge on any atom is 0.416 e. The molecule has 1 aromatic carbocycles. The zero-order chi connectivity index (χ0) is 15.7. The van der Waals surface area contributed by atoms with Crippen LogP contribution in [-0.4, -0.2) is 6.54 Å². The molecule has 0 aromatic heterocycles. The molecule has 0 amide bonds. The predicted molar refractivity (Wildman–Crippen MR) is 87.5 cm³/mol. The van der Waals surface area contributed by atoms with Gasteiger partial charge in [0.15, 0.2) is 0 Å². The van der Waals surface area contributed by atoms with E-state index in [-0.39, 0.29) is 17.8 Å². The van der Waals surface area contributed by atoms with Crippen LogP contribution >= 0.6 is 12.4 Å². The Bertz CT molecular complexity index is 485. The second-order valence-corrected chi connectivity index (χ2v) is 6.92. The lowest BCUT2D eigenvalue weighted by molar-refractivity contribution is -0.137. The van der Waals surface area contributed by atoms with E-state index < -0.39 is 11.7 Å². The van der Waals surface area contributed by atoms with E-state index >= 15 is 0 Å². The summed E-state index contributed by atoms with van der Waals surface area (Å²) >= 11 is 0. The van der Waals surface area contributed by atoms with Crippen LogP contribution in [0.4, 0.5) is 18.9 Å². The van der Waals surface area contributed by atoms with Crippen molar-refractivity contribution in [1.82, 2.24) is 0 Å². The Morgan fingerprint density at radius 1 is 1.27 bits per heavy atom. The first-order valence-corrected chi connectivity index (χ1v) is 7.61. The van der Waals surface area contributed by atoms with Gasteiger partial charge in [0.05, 0.1) is 5.56 Å². The molecule has 0 radical (unpaired) electrons. The smallest absolute Gasteiger partial charge is 0.385 e. The highest BCUT2D eigenvalue weighted by molar-refractivity contribution is 5.85. The number of hydrogen-bond donors (Lipinski definition) is 1. The van der Waals surface area contributed by atoms with Gasteiger partial charge >= 0.3 is 6.18 Å². The average molecular weight is 336 g/mol. The topological polar surface area (TPSA) is 12.0 Å². The van der Waals surface area contributed by atoms with Crippen molar-refractivity contribution in [3.05, 3.63) is 29.8 Å². The van der Waals surface area contributed by atoms with Gasteiger partial charge in [0.1, 0.15) is 0 Å². The molecule has 126 valence electrons. The standard InChI is InChI=1S/C17H24F3N.ClH/c1-12-6-5-9-16(2,3)15(12)11-21-14-8-4-7-13(10-14)17(18,19)20;/h4,7-8,10,12,15,21H,5-6,9,11H2,1-3H3;1H/t12-,15+;/m0./s1. The molecule has 0 unspecified atom stereocenters. The fraction of sp³-hybridized carbons (Fsp3) is 0.647. The van der Waals surface area contributed by atoms with Gasteiger partial charge in [-0.05, 0) is 41.9 Å². The van der Waals surface area contributed by atoms with Crippen molar-refractivity contribution >= 4 is 18.1 Å². The highest BCUT2D eigenvalue weighted by Gasteiger charge is 2.36. The van der Waals surface area contributed by atoms with E-state index in [1.165, 1.54) is 31.4 Å². The van der Waals surface area contributed by atoms with Crippen molar-refractivity contribution in [2.45, 2.75) is 46.2 Å². The Labute approximate surface area is 137 Å². The number of rotatable bonds is 3. The molecular weight excluding hydrogens is 311 g/mol. The summed E-state index contributed by atoms with van der Waals surface area (Å²) in [5, 5.41) is 3.21. The summed E-state index contributed by atoms with van der Waals surface area (Å²) < 4.78 is 38.2. The van der Waals surface area contributed by atoms with Crippen LogP contribution in [0.15, 0.2) is 24.3 Å². The molecule has 0 bridgehead atoms. The largest absolute Gasteiger partial charge is 0.416 e. The van der Waals surface area contributed by atoms with Crippen LogP contribution in [0.2, 0.25) is 0 Å². The van der Waals surface area contributed by atoms with Crippen LogP contribution in [0.1, 0.15) is 45.6 Å². The summed E-state index contributed by atoms with van der Waals surface area (Å²) in [5.41, 5.74) is 0.202. The number of anilines is 1. The van der Waals surface area contributed by atoms with Crippen LogP contribution in [0.25, 0.3) is 0 Å². The number of hydrogen-bond acceptors (Lipinski definition) is 1. The van der Waals surface area contributed by atoms with Crippen LogP contribution in [0.3, 0.4) is 0 Å². The van der Waals surface area contributed by atoms with Gasteiger partial charge in [-0.2, -0.15) is 13.2 Å². The van der Waals surface area contributed by atoms with E-state index in [0.717, 1.165) is 12.6 Å². The molecule has 5 heteroatoms. The van der Waals surface area contributed by atoms with E-state index in [9.17, 15) is 13.2 Å². The second-order valence-electron chi connectivity index (χ2n) is 6.92. The van der Waals surface area contributed by atoms with E-state index in [4.69, 9.17) is 0 Å². The Balaban J connectivity index is 0.00000242. The molecule has 0 saturated heterocycles. The van der Waals surface area contributed by atoms with Gasteiger partial charge in [-0.1, -0.05) is 39.7 Å². The number of nitrogens with one attached hydrogen (secondary N) is 1. The zero-order valence-corrected chi connectivity index (χ0v) is 14.2. The molecule has 0 aliphatic heterocycles. The molecule has 1 aliphatic carbocycles. The summed E-state index contributed by atoms with van der Waals surface area (Å²) in [6.45, 7) is 7.51. The minimum Gasteiger partial charge on any atom is -0.385 e. The van der Waals surface area contributed by atoms with E-state index in [2.05, 4.69) is 26.1 Å². The molecule has 2 rings (SSSR count). The maximum atomic E-state index is 12.7. The normalized spacial score (nSPS) is 24.5. The van der Waals surface area contributed by atoms with Crippen LogP contribution in [0, 0.1) is 17.3 Å². The summed E-state index contributed by atoms with van der Waals surface area (Å²) in [6.07, 6.45) is -0.645. The lowest BCUT2D eigenvalue weighted by Crippen LogP contribution is -2.38. The SMILES string of the molecule is C[C@H]1CCCC(C)(C)[C@@H]1CNc1cccc(C(F)(F)F)c1.Cl. The van der Waals surface area contributed by atoms with Crippen molar-refractivity contribution < 1.29 is 13.2 Å². The highest BCUT2D eigenvalue weighted by atomic mass is 35.5. The van der Waals surface area contributed by atoms with Crippen molar-refractivity contribution in [2.75, 3.05) is 11.9 Å². The first kappa shape index (κ1) is 19.1. The van der Waals surface area contributed by atoms with Gasteiger partial charge in [-0.15, -0.1) is 12.4 Å². The average Bonchev–Trinajstić information content (AvgIpc) is 2.36. The predicted octanol–water partition coefficient (Wildman–Crippen LogP) is 6.00. The Kier molecular flexibility index (Phi) is 6.19. The third kappa shape index (κ3) is 4.55. The number of halogens is 4. The molecule has 1 N–H and O–H groups in total. The molecule has 1 fully saturated rings. The molecule has 0 heterocycles. The zero-order valence-electron chi connectivity index (χ0n) is 13.3. The molecule has 1 aromatic rings. The minimum absolute atomic E-state index is 0. The number of alkyl halides is 3. The summed E-state index contributed by atoms with van der Waals surface area (Å²) in [6, 6.07) is 5.47. The van der Waals surface area contributed by atoms with Crippen molar-refractivity contribution in [3.8, 4) is 0 Å². The monoisotopic (exact) mass is 335 g/mol. The second kappa shape index (κ2) is 7.12. The van der Waals surface area contributed by atoms with E-state index in [1.54, 1.807) is 6.07 Å². The molecule has 0 spiro atoms. The molecule has 1 saturated carbocycles. The first-order chi connectivity index (χ1) is 9.70. The molecule has 2 atom stereocenters.